The van der Waals surface area contributed by atoms with E-state index in [1.165, 1.54) is 0 Å². The molecule has 0 bridgehead atoms. The number of nitrogens with two attached hydrogens (primary N) is 1. The molecule has 0 heterocycles. The molecule has 4 N–H and O–H groups in total. The summed E-state index contributed by atoms with van der Waals surface area (Å²) in [5.41, 5.74) is 7.78. The standard InChI is InChI=1S/C19H25N3O.HI/c1-19(2,14-23)17(15-9-5-3-6-10-15)13-21-18(20)22-16-11-7-4-8-12-16;/h3-12,17,23H,13-14H2,1-2H3,(H3,20,21,22);1H. The van der Waals surface area contributed by atoms with Crippen LogP contribution in [0.4, 0.5) is 5.69 Å². The third kappa shape index (κ3) is 5.79. The van der Waals surface area contributed by atoms with Crippen molar-refractivity contribution < 1.29 is 5.11 Å². The normalized spacial score (nSPS) is 13.0. The lowest BCUT2D eigenvalue weighted by Crippen LogP contribution is -2.30. The molecule has 0 aliphatic rings. The van der Waals surface area contributed by atoms with Gasteiger partial charge in [-0.25, -0.2) is 0 Å². The van der Waals surface area contributed by atoms with Gasteiger partial charge < -0.3 is 16.2 Å². The fourth-order valence-electron chi connectivity index (χ4n) is 2.50. The Labute approximate surface area is 161 Å². The van der Waals surface area contributed by atoms with Crippen LogP contribution in [0.3, 0.4) is 0 Å². The van der Waals surface area contributed by atoms with Crippen molar-refractivity contribution in [1.82, 2.24) is 0 Å². The average molecular weight is 439 g/mol. The number of aliphatic imine (C=N–C) groups is 1. The molecular weight excluding hydrogens is 413 g/mol. The Bertz CT molecular complexity index is 630. The van der Waals surface area contributed by atoms with Crippen molar-refractivity contribution in [2.75, 3.05) is 18.5 Å². The van der Waals surface area contributed by atoms with Crippen molar-refractivity contribution in [3.8, 4) is 0 Å². The summed E-state index contributed by atoms with van der Waals surface area (Å²) in [6, 6.07) is 19.8. The van der Waals surface area contributed by atoms with E-state index in [4.69, 9.17) is 5.73 Å². The quantitative estimate of drug-likeness (QED) is 0.364. The lowest BCUT2D eigenvalue weighted by molar-refractivity contribution is 0.133. The molecule has 0 aliphatic heterocycles. The van der Waals surface area contributed by atoms with E-state index in [0.29, 0.717) is 12.5 Å². The zero-order valence-corrected chi connectivity index (χ0v) is 16.5. The van der Waals surface area contributed by atoms with Crippen LogP contribution in [0.5, 0.6) is 0 Å². The lowest BCUT2D eigenvalue weighted by atomic mass is 9.75. The molecule has 2 aromatic rings. The van der Waals surface area contributed by atoms with Gasteiger partial charge in [0, 0.05) is 18.2 Å². The number of aliphatic hydroxyl groups is 1. The van der Waals surface area contributed by atoms with Gasteiger partial charge in [0.25, 0.3) is 0 Å². The first kappa shape index (κ1) is 20.4. The molecule has 0 aliphatic carbocycles. The molecule has 1 atom stereocenters. The summed E-state index contributed by atoms with van der Waals surface area (Å²) in [6.45, 7) is 4.69. The van der Waals surface area contributed by atoms with Gasteiger partial charge in [-0.15, -0.1) is 24.0 Å². The van der Waals surface area contributed by atoms with Crippen LogP contribution in [-0.4, -0.2) is 24.2 Å². The first-order chi connectivity index (χ1) is 11.0. The van der Waals surface area contributed by atoms with Crippen LogP contribution in [0.2, 0.25) is 0 Å². The summed E-state index contributed by atoms with van der Waals surface area (Å²) >= 11 is 0. The summed E-state index contributed by atoms with van der Waals surface area (Å²) in [5.74, 6) is 0.468. The van der Waals surface area contributed by atoms with Crippen LogP contribution < -0.4 is 11.1 Å². The summed E-state index contributed by atoms with van der Waals surface area (Å²) in [5, 5.41) is 12.8. The van der Waals surface area contributed by atoms with Gasteiger partial charge in [-0.05, 0) is 23.1 Å². The van der Waals surface area contributed by atoms with Crippen molar-refractivity contribution >= 4 is 35.6 Å². The minimum atomic E-state index is -0.280. The topological polar surface area (TPSA) is 70.6 Å². The molecular formula is C19H26IN3O. The number of anilines is 1. The Morgan fingerprint density at radius 3 is 2.17 bits per heavy atom. The van der Waals surface area contributed by atoms with Gasteiger partial charge >= 0.3 is 0 Å². The summed E-state index contributed by atoms with van der Waals surface area (Å²) in [4.78, 5) is 4.48. The number of nitrogens with zero attached hydrogens (tertiary/aromatic N) is 1. The molecule has 0 saturated carbocycles. The van der Waals surface area contributed by atoms with Crippen molar-refractivity contribution in [3.63, 3.8) is 0 Å². The predicted octanol–water partition coefficient (Wildman–Crippen LogP) is 3.83. The van der Waals surface area contributed by atoms with E-state index in [-0.39, 0.29) is 41.9 Å². The molecule has 0 saturated heterocycles. The molecule has 2 aromatic carbocycles. The SMILES string of the molecule is CC(C)(CO)C(CN=C(N)Nc1ccccc1)c1ccccc1.I. The van der Waals surface area contributed by atoms with Crippen LogP contribution in [0.1, 0.15) is 25.3 Å². The zero-order chi connectivity index (χ0) is 16.7. The third-order valence-corrected chi connectivity index (χ3v) is 4.04. The number of hydrogen-bond acceptors (Lipinski definition) is 2. The molecule has 0 fully saturated rings. The zero-order valence-electron chi connectivity index (χ0n) is 14.1. The van der Waals surface area contributed by atoms with Gasteiger partial charge in [-0.3, -0.25) is 4.99 Å². The second kappa shape index (κ2) is 9.64. The third-order valence-electron chi connectivity index (χ3n) is 4.04. The molecule has 130 valence electrons. The fraction of sp³-hybridized carbons (Fsp3) is 0.316. The van der Waals surface area contributed by atoms with E-state index in [2.05, 4.69) is 22.4 Å². The highest BCUT2D eigenvalue weighted by molar-refractivity contribution is 14.0. The van der Waals surface area contributed by atoms with Gasteiger partial charge in [0.05, 0.1) is 6.54 Å². The summed E-state index contributed by atoms with van der Waals surface area (Å²) in [7, 11) is 0. The minimum absolute atomic E-state index is 0. The first-order valence-electron chi connectivity index (χ1n) is 7.81. The van der Waals surface area contributed by atoms with E-state index in [1.54, 1.807) is 0 Å². The average Bonchev–Trinajstić information content (AvgIpc) is 2.56. The number of rotatable bonds is 6. The highest BCUT2D eigenvalue weighted by Crippen LogP contribution is 2.35. The van der Waals surface area contributed by atoms with E-state index < -0.39 is 0 Å². The van der Waals surface area contributed by atoms with Gasteiger partial charge in [0.1, 0.15) is 0 Å². The Morgan fingerprint density at radius 1 is 1.08 bits per heavy atom. The molecule has 0 amide bonds. The van der Waals surface area contributed by atoms with Crippen LogP contribution >= 0.6 is 24.0 Å². The van der Waals surface area contributed by atoms with E-state index in [0.717, 1.165) is 11.3 Å². The molecule has 5 heteroatoms. The Morgan fingerprint density at radius 2 is 1.62 bits per heavy atom. The molecule has 0 radical (unpaired) electrons. The number of halogens is 1. The van der Waals surface area contributed by atoms with Crippen molar-refractivity contribution in [2.24, 2.45) is 16.1 Å². The number of guanidine groups is 1. The summed E-state index contributed by atoms with van der Waals surface area (Å²) in [6.07, 6.45) is 0. The predicted molar refractivity (Wildman–Crippen MR) is 112 cm³/mol. The van der Waals surface area contributed by atoms with E-state index in [9.17, 15) is 5.11 Å². The minimum Gasteiger partial charge on any atom is -0.396 e. The maximum atomic E-state index is 9.73. The largest absolute Gasteiger partial charge is 0.396 e. The van der Waals surface area contributed by atoms with Crippen molar-refractivity contribution in [3.05, 3.63) is 66.2 Å². The number of benzene rings is 2. The van der Waals surface area contributed by atoms with Gasteiger partial charge in [-0.2, -0.15) is 0 Å². The maximum Gasteiger partial charge on any atom is 0.193 e. The highest BCUT2D eigenvalue weighted by Gasteiger charge is 2.30. The molecule has 0 spiro atoms. The second-order valence-corrected chi connectivity index (χ2v) is 6.33. The Balaban J connectivity index is 0.00000288. The van der Waals surface area contributed by atoms with Gasteiger partial charge in [0.2, 0.25) is 0 Å². The van der Waals surface area contributed by atoms with E-state index in [1.807, 2.05) is 62.4 Å². The second-order valence-electron chi connectivity index (χ2n) is 6.33. The molecule has 24 heavy (non-hydrogen) atoms. The number of aliphatic hydroxyl groups excluding tert-OH is 1. The van der Waals surface area contributed by atoms with Crippen molar-refractivity contribution in [1.29, 1.82) is 0 Å². The number of hydrogen-bond donors (Lipinski definition) is 3. The number of para-hydroxylation sites is 1. The monoisotopic (exact) mass is 439 g/mol. The van der Waals surface area contributed by atoms with Gasteiger partial charge in [-0.1, -0.05) is 62.4 Å². The highest BCUT2D eigenvalue weighted by atomic mass is 127. The van der Waals surface area contributed by atoms with Crippen LogP contribution in [0.25, 0.3) is 0 Å². The van der Waals surface area contributed by atoms with Crippen molar-refractivity contribution in [2.45, 2.75) is 19.8 Å². The molecule has 2 rings (SSSR count). The first-order valence-corrected chi connectivity index (χ1v) is 7.81. The molecule has 0 aromatic heterocycles. The lowest BCUT2D eigenvalue weighted by Gasteiger charge is -2.32. The molecule has 1 unspecified atom stereocenters. The maximum absolute atomic E-state index is 9.73. The van der Waals surface area contributed by atoms with Crippen LogP contribution in [0, 0.1) is 5.41 Å². The smallest absolute Gasteiger partial charge is 0.193 e. The van der Waals surface area contributed by atoms with Crippen LogP contribution in [-0.2, 0) is 0 Å². The van der Waals surface area contributed by atoms with Gasteiger partial charge in [0.15, 0.2) is 5.96 Å². The fourth-order valence-corrected chi connectivity index (χ4v) is 2.50. The molecule has 4 nitrogen and oxygen atoms in total. The number of nitrogens with one attached hydrogen (secondary N) is 1. The Hall–Kier alpha value is -1.60. The summed E-state index contributed by atoms with van der Waals surface area (Å²) < 4.78 is 0. The van der Waals surface area contributed by atoms with E-state index >= 15 is 0 Å². The Kier molecular flexibility index (Phi) is 8.21. The van der Waals surface area contributed by atoms with Crippen LogP contribution in [0.15, 0.2) is 65.7 Å².